The number of fused-ring (bicyclic) bond motifs is 1. The van der Waals surface area contributed by atoms with Crippen LogP contribution in [0.15, 0.2) is 41.0 Å². The number of amides is 4. The van der Waals surface area contributed by atoms with Crippen molar-refractivity contribution in [1.82, 2.24) is 15.2 Å². The van der Waals surface area contributed by atoms with Crippen molar-refractivity contribution < 1.29 is 38.1 Å². The van der Waals surface area contributed by atoms with Crippen LogP contribution in [-0.2, 0) is 23.8 Å². The second kappa shape index (κ2) is 12.4. The van der Waals surface area contributed by atoms with Gasteiger partial charge in [-0.25, -0.2) is 4.98 Å². The number of hydrogen-bond acceptors (Lipinski definition) is 10. The Kier molecular flexibility index (Phi) is 8.36. The highest BCUT2D eigenvalue weighted by Gasteiger charge is 2.53. The van der Waals surface area contributed by atoms with Crippen molar-refractivity contribution in [2.24, 2.45) is 5.41 Å². The summed E-state index contributed by atoms with van der Waals surface area (Å²) in [6.07, 6.45) is 6.22. The van der Waals surface area contributed by atoms with Crippen LogP contribution in [0.2, 0.25) is 0 Å². The highest BCUT2D eigenvalue weighted by Crippen LogP contribution is 2.51. The number of hydrogen-bond donors (Lipinski definition) is 1. The topological polar surface area (TPSA) is 137 Å². The van der Waals surface area contributed by atoms with Crippen molar-refractivity contribution in [3.05, 3.63) is 52.1 Å². The molecule has 12 nitrogen and oxygen atoms in total. The number of pyridine rings is 1. The molecule has 1 spiro atoms. The third-order valence-electron chi connectivity index (χ3n) is 9.36. The zero-order valence-corrected chi connectivity index (χ0v) is 26.3. The summed E-state index contributed by atoms with van der Waals surface area (Å²) >= 11 is 3.37. The number of anilines is 1. The molecule has 4 amide bonds. The maximum absolute atomic E-state index is 13.1. The summed E-state index contributed by atoms with van der Waals surface area (Å²) in [5.41, 5.74) is 1.71. The second-order valence-corrected chi connectivity index (χ2v) is 13.5. The minimum absolute atomic E-state index is 0.0997. The van der Waals surface area contributed by atoms with E-state index in [9.17, 15) is 19.2 Å². The van der Waals surface area contributed by atoms with Gasteiger partial charge in [0.1, 0.15) is 12.1 Å². The van der Waals surface area contributed by atoms with Crippen molar-refractivity contribution in [2.45, 2.75) is 62.9 Å². The van der Waals surface area contributed by atoms with Crippen molar-refractivity contribution >= 4 is 45.2 Å². The minimum atomic E-state index is -0.959. The molecule has 3 aliphatic heterocycles. The maximum Gasteiger partial charge on any atom is 0.262 e. The van der Waals surface area contributed by atoms with Gasteiger partial charge in [-0.05, 0) is 59.5 Å². The van der Waals surface area contributed by atoms with Gasteiger partial charge in [0.2, 0.25) is 17.7 Å². The van der Waals surface area contributed by atoms with Gasteiger partial charge in [-0.1, -0.05) is 0 Å². The van der Waals surface area contributed by atoms with Crippen LogP contribution in [0.3, 0.4) is 0 Å². The standard InChI is InChI=1S/C32H35BrN4O8/c33-19-1-6-28(34-16-19)45-22-12-21(13-22)43-9-7-42-8-10-44-23-14-32(15-23)17-36(18-32)20-2-3-24-25(11-20)31(41)37(30(24)40)26-4-5-27(38)35-29(26)39/h1-3,6,11,16,21-23,26H,4-5,7-10,12-15,17-18H2,(H,35,38,39). The van der Waals surface area contributed by atoms with Gasteiger partial charge in [0.15, 0.2) is 0 Å². The first-order valence-corrected chi connectivity index (χ1v) is 16.3. The van der Waals surface area contributed by atoms with Gasteiger partial charge in [-0.3, -0.25) is 29.4 Å². The SMILES string of the molecule is O=C1CCC(N2C(=O)c3ccc(N4CC5(CC(OCCOCCOC6CC(Oc7ccc(Br)cn7)C6)C5)C4)cc3C2=O)C(=O)N1. The Morgan fingerprint density at radius 1 is 0.889 bits per heavy atom. The average molecular weight is 684 g/mol. The van der Waals surface area contributed by atoms with E-state index in [0.717, 1.165) is 53.8 Å². The van der Waals surface area contributed by atoms with E-state index in [1.54, 1.807) is 18.3 Å². The monoisotopic (exact) mass is 682 g/mol. The Morgan fingerprint density at radius 3 is 2.33 bits per heavy atom. The molecule has 0 radical (unpaired) electrons. The molecular weight excluding hydrogens is 648 g/mol. The summed E-state index contributed by atoms with van der Waals surface area (Å²) in [6.45, 7) is 3.89. The predicted octanol–water partition coefficient (Wildman–Crippen LogP) is 2.87. The van der Waals surface area contributed by atoms with Gasteiger partial charge in [0.05, 0.1) is 49.8 Å². The Balaban J connectivity index is 0.762. The van der Waals surface area contributed by atoms with Crippen molar-refractivity contribution in [2.75, 3.05) is 44.4 Å². The van der Waals surface area contributed by atoms with E-state index in [2.05, 4.69) is 31.1 Å². The first-order chi connectivity index (χ1) is 21.8. The van der Waals surface area contributed by atoms with Crippen LogP contribution >= 0.6 is 15.9 Å². The largest absolute Gasteiger partial charge is 0.474 e. The minimum Gasteiger partial charge on any atom is -0.474 e. The Hall–Kier alpha value is -3.39. The molecule has 5 aliphatic rings. The molecule has 1 unspecified atom stereocenters. The van der Waals surface area contributed by atoms with E-state index >= 15 is 0 Å². The van der Waals surface area contributed by atoms with Gasteiger partial charge in [0.25, 0.3) is 11.8 Å². The molecule has 1 aromatic carbocycles. The van der Waals surface area contributed by atoms with E-state index in [-0.39, 0.29) is 42.5 Å². The molecule has 4 fully saturated rings. The van der Waals surface area contributed by atoms with Crippen molar-refractivity contribution in [1.29, 1.82) is 0 Å². The summed E-state index contributed by atoms with van der Waals surface area (Å²) in [4.78, 5) is 57.4. The van der Waals surface area contributed by atoms with Gasteiger partial charge in [-0.15, -0.1) is 0 Å². The Morgan fingerprint density at radius 2 is 1.62 bits per heavy atom. The average Bonchev–Trinajstić information content (AvgIpc) is 3.20. The number of carbonyl (C=O) groups is 4. The predicted molar refractivity (Wildman–Crippen MR) is 163 cm³/mol. The number of carbonyl (C=O) groups excluding carboxylic acids is 4. The van der Waals surface area contributed by atoms with Crippen LogP contribution < -0.4 is 15.0 Å². The summed E-state index contributed by atoms with van der Waals surface area (Å²) in [6, 6.07) is 8.08. The molecule has 1 atom stereocenters. The lowest BCUT2D eigenvalue weighted by Crippen LogP contribution is -2.64. The van der Waals surface area contributed by atoms with Crippen LogP contribution in [-0.4, -0.2) is 97.4 Å². The maximum atomic E-state index is 13.1. The third kappa shape index (κ3) is 6.23. The van der Waals surface area contributed by atoms with Gasteiger partial charge >= 0.3 is 0 Å². The molecule has 1 N–H and O–H groups in total. The summed E-state index contributed by atoms with van der Waals surface area (Å²) in [5, 5.41) is 2.23. The number of nitrogens with one attached hydrogen (secondary N) is 1. The molecule has 7 rings (SSSR count). The van der Waals surface area contributed by atoms with Crippen molar-refractivity contribution in [3.63, 3.8) is 0 Å². The van der Waals surface area contributed by atoms with Gasteiger partial charge in [-0.2, -0.15) is 0 Å². The lowest BCUT2D eigenvalue weighted by molar-refractivity contribution is -0.136. The number of benzene rings is 1. The molecule has 0 bridgehead atoms. The van der Waals surface area contributed by atoms with E-state index in [0.29, 0.717) is 43.4 Å². The summed E-state index contributed by atoms with van der Waals surface area (Å²) < 4.78 is 24.3. The van der Waals surface area contributed by atoms with Crippen LogP contribution in [0, 0.1) is 5.41 Å². The molecular formula is C32H35BrN4O8. The number of nitrogens with zero attached hydrogens (tertiary/aromatic N) is 3. The van der Waals surface area contributed by atoms with E-state index < -0.39 is 23.8 Å². The first kappa shape index (κ1) is 30.3. The molecule has 45 heavy (non-hydrogen) atoms. The van der Waals surface area contributed by atoms with E-state index in [1.165, 1.54) is 0 Å². The zero-order chi connectivity index (χ0) is 31.1. The van der Waals surface area contributed by atoms with Crippen LogP contribution in [0.4, 0.5) is 5.69 Å². The normalized spacial score (nSPS) is 25.5. The Labute approximate surface area is 268 Å². The number of imide groups is 2. The summed E-state index contributed by atoms with van der Waals surface area (Å²) in [7, 11) is 0. The first-order valence-electron chi connectivity index (χ1n) is 15.5. The summed E-state index contributed by atoms with van der Waals surface area (Å²) in [5.74, 6) is -1.33. The number of rotatable bonds is 12. The lowest BCUT2D eigenvalue weighted by atomic mass is 9.61. The smallest absolute Gasteiger partial charge is 0.262 e. The molecule has 2 aliphatic carbocycles. The highest BCUT2D eigenvalue weighted by atomic mass is 79.9. The van der Waals surface area contributed by atoms with Crippen LogP contribution in [0.25, 0.3) is 0 Å². The number of piperidine rings is 1. The van der Waals surface area contributed by atoms with Crippen LogP contribution in [0.5, 0.6) is 5.88 Å². The van der Waals surface area contributed by atoms with Gasteiger partial charge < -0.3 is 23.8 Å². The highest BCUT2D eigenvalue weighted by molar-refractivity contribution is 9.10. The number of aromatic nitrogens is 1. The molecule has 2 aromatic rings. The zero-order valence-electron chi connectivity index (χ0n) is 24.7. The fourth-order valence-electron chi connectivity index (χ4n) is 6.89. The van der Waals surface area contributed by atoms with Gasteiger partial charge in [0, 0.05) is 60.2 Å². The molecule has 1 aromatic heterocycles. The Bertz CT molecular complexity index is 1480. The quantitative estimate of drug-likeness (QED) is 0.263. The van der Waals surface area contributed by atoms with Crippen LogP contribution in [0.1, 0.15) is 59.2 Å². The molecule has 4 heterocycles. The molecule has 2 saturated heterocycles. The molecule has 2 saturated carbocycles. The number of halogens is 1. The van der Waals surface area contributed by atoms with Crippen molar-refractivity contribution in [3.8, 4) is 5.88 Å². The fourth-order valence-corrected chi connectivity index (χ4v) is 7.12. The van der Waals surface area contributed by atoms with E-state index in [4.69, 9.17) is 18.9 Å². The lowest BCUT2D eigenvalue weighted by Gasteiger charge is -2.59. The molecule has 13 heteroatoms. The third-order valence-corrected chi connectivity index (χ3v) is 9.83. The fraction of sp³-hybridized carbons (Fsp3) is 0.531. The number of ether oxygens (including phenoxy) is 4. The van der Waals surface area contributed by atoms with E-state index in [1.807, 2.05) is 18.2 Å². The molecule has 238 valence electrons. The second-order valence-electron chi connectivity index (χ2n) is 12.6.